The lowest BCUT2D eigenvalue weighted by Crippen LogP contribution is -2.09. The normalized spacial score (nSPS) is 11.0. The first kappa shape index (κ1) is 24.5. The largest absolute Gasteiger partial charge is 0.508 e. The van der Waals surface area contributed by atoms with Gasteiger partial charge in [-0.25, -0.2) is 4.79 Å². The van der Waals surface area contributed by atoms with Gasteiger partial charge in [-0.1, -0.05) is 50.7 Å². The number of carboxylic acids is 2. The zero-order valence-electron chi connectivity index (χ0n) is 15.6. The highest BCUT2D eigenvalue weighted by atomic mass is 16.4. The molecule has 27 heavy (non-hydrogen) atoms. The van der Waals surface area contributed by atoms with Crippen LogP contribution in [0.25, 0.3) is 0 Å². The number of phenolic OH excluding ortho intramolecular Hbond substituents is 1. The molecule has 0 radical (unpaired) electrons. The molecule has 0 bridgehead atoms. The fourth-order valence-electron chi connectivity index (χ4n) is 2.36. The van der Waals surface area contributed by atoms with Gasteiger partial charge in [0, 0.05) is 12.8 Å². The van der Waals surface area contributed by atoms with E-state index in [0.717, 1.165) is 25.7 Å². The van der Waals surface area contributed by atoms with Crippen molar-refractivity contribution < 1.29 is 30.0 Å². The summed E-state index contributed by atoms with van der Waals surface area (Å²) in [6, 6.07) is 5.35. The monoisotopic (exact) mass is 378 g/mol. The predicted octanol–water partition coefficient (Wildman–Crippen LogP) is 4.12. The highest BCUT2D eigenvalue weighted by Crippen LogP contribution is 2.16. The number of hydrogen-bond acceptors (Lipinski definition) is 4. The molecule has 1 rings (SSSR count). The first-order valence-corrected chi connectivity index (χ1v) is 9.23. The lowest BCUT2D eigenvalue weighted by atomic mass is 10.1. The van der Waals surface area contributed by atoms with Gasteiger partial charge in [-0.2, -0.15) is 0 Å². The molecule has 0 heterocycles. The number of benzene rings is 1. The van der Waals surface area contributed by atoms with Crippen molar-refractivity contribution in [1.29, 1.82) is 0 Å². The Morgan fingerprint density at radius 1 is 0.889 bits per heavy atom. The molecule has 0 aliphatic carbocycles. The van der Waals surface area contributed by atoms with E-state index in [4.69, 9.17) is 26.8 Å². The molecule has 1 unspecified atom stereocenters. The van der Waals surface area contributed by atoms with Crippen molar-refractivity contribution in [2.24, 2.45) is 0 Å². The molecule has 0 saturated heterocycles. The molecule has 0 amide bonds. The second kappa shape index (κ2) is 15.7. The second-order valence-corrected chi connectivity index (χ2v) is 6.26. The number of rotatable bonds is 12. The van der Waals surface area contributed by atoms with Gasteiger partial charge in [0.25, 0.3) is 0 Å². The number of unbranched alkanes of at least 4 members (excludes halogenated alkanes) is 8. The van der Waals surface area contributed by atoms with E-state index in [1.54, 1.807) is 0 Å². The SMILES string of the molecule is C#CCCCCCCCCCCC(=O)O.O=C(O)C(O)c1ccc(O)cc1. The number of aliphatic hydroxyl groups excluding tert-OH is 1. The van der Waals surface area contributed by atoms with Crippen molar-refractivity contribution in [2.75, 3.05) is 0 Å². The maximum absolute atomic E-state index is 10.3. The summed E-state index contributed by atoms with van der Waals surface area (Å²) in [6.07, 6.45) is 14.0. The van der Waals surface area contributed by atoms with Gasteiger partial charge in [0.2, 0.25) is 0 Å². The van der Waals surface area contributed by atoms with E-state index in [-0.39, 0.29) is 11.3 Å². The Kier molecular flexibility index (Phi) is 14.2. The Balaban J connectivity index is 0.000000511. The van der Waals surface area contributed by atoms with Crippen LogP contribution in [-0.4, -0.2) is 32.4 Å². The zero-order valence-corrected chi connectivity index (χ0v) is 15.6. The molecular weight excluding hydrogens is 348 g/mol. The van der Waals surface area contributed by atoms with Gasteiger partial charge in [0.15, 0.2) is 6.10 Å². The smallest absolute Gasteiger partial charge is 0.337 e. The van der Waals surface area contributed by atoms with Crippen LogP contribution in [0.5, 0.6) is 5.75 Å². The fraction of sp³-hybridized carbons (Fsp3) is 0.524. The predicted molar refractivity (Wildman–Crippen MR) is 103 cm³/mol. The first-order valence-electron chi connectivity index (χ1n) is 9.23. The maximum atomic E-state index is 10.3. The van der Waals surface area contributed by atoms with E-state index in [0.29, 0.717) is 6.42 Å². The Morgan fingerprint density at radius 3 is 1.81 bits per heavy atom. The van der Waals surface area contributed by atoms with E-state index in [2.05, 4.69) is 5.92 Å². The molecule has 1 aromatic carbocycles. The highest BCUT2D eigenvalue weighted by molar-refractivity contribution is 5.74. The molecule has 6 nitrogen and oxygen atoms in total. The Hall–Kier alpha value is -2.52. The van der Waals surface area contributed by atoms with Gasteiger partial charge in [-0.15, -0.1) is 12.3 Å². The van der Waals surface area contributed by atoms with Crippen molar-refractivity contribution in [3.63, 3.8) is 0 Å². The number of carbonyl (C=O) groups is 2. The van der Waals surface area contributed by atoms with Gasteiger partial charge < -0.3 is 20.4 Å². The molecule has 1 aromatic rings. The molecule has 0 saturated carbocycles. The number of aliphatic carboxylic acids is 2. The third-order valence-corrected chi connectivity index (χ3v) is 3.90. The number of terminal acetylenes is 1. The summed E-state index contributed by atoms with van der Waals surface area (Å²) in [6.45, 7) is 0. The van der Waals surface area contributed by atoms with Gasteiger partial charge in [0.1, 0.15) is 5.75 Å². The number of hydrogen-bond donors (Lipinski definition) is 4. The molecular formula is C21H30O6. The molecule has 150 valence electrons. The van der Waals surface area contributed by atoms with Crippen molar-refractivity contribution >= 4 is 11.9 Å². The van der Waals surface area contributed by atoms with Crippen LogP contribution >= 0.6 is 0 Å². The minimum atomic E-state index is -1.52. The van der Waals surface area contributed by atoms with Gasteiger partial charge >= 0.3 is 11.9 Å². The number of aromatic hydroxyl groups is 1. The highest BCUT2D eigenvalue weighted by Gasteiger charge is 2.14. The lowest BCUT2D eigenvalue weighted by Gasteiger charge is -2.04. The topological polar surface area (TPSA) is 115 Å². The summed E-state index contributed by atoms with van der Waals surface area (Å²) in [5.74, 6) is 0.698. The summed E-state index contributed by atoms with van der Waals surface area (Å²) in [5, 5.41) is 34.7. The molecule has 0 aliphatic heterocycles. The third-order valence-electron chi connectivity index (χ3n) is 3.90. The average Bonchev–Trinajstić information content (AvgIpc) is 2.63. The Morgan fingerprint density at radius 2 is 1.37 bits per heavy atom. The molecule has 6 heteroatoms. The maximum Gasteiger partial charge on any atom is 0.337 e. The van der Waals surface area contributed by atoms with Gasteiger partial charge in [-0.05, 0) is 30.5 Å². The zero-order chi connectivity index (χ0) is 20.5. The minimum absolute atomic E-state index is 0.0383. The molecule has 0 aromatic heterocycles. The summed E-state index contributed by atoms with van der Waals surface area (Å²) in [5.41, 5.74) is 0.250. The van der Waals surface area contributed by atoms with Crippen LogP contribution in [0.1, 0.15) is 75.9 Å². The van der Waals surface area contributed by atoms with Crippen molar-refractivity contribution in [3.05, 3.63) is 29.8 Å². The van der Waals surface area contributed by atoms with E-state index in [1.165, 1.54) is 56.4 Å². The van der Waals surface area contributed by atoms with E-state index in [1.807, 2.05) is 0 Å². The van der Waals surface area contributed by atoms with Crippen LogP contribution in [0, 0.1) is 12.3 Å². The van der Waals surface area contributed by atoms with Crippen LogP contribution in [-0.2, 0) is 9.59 Å². The van der Waals surface area contributed by atoms with Gasteiger partial charge in [0.05, 0.1) is 0 Å². The first-order chi connectivity index (χ1) is 12.9. The van der Waals surface area contributed by atoms with E-state index >= 15 is 0 Å². The van der Waals surface area contributed by atoms with Crippen LogP contribution in [0.2, 0.25) is 0 Å². The van der Waals surface area contributed by atoms with E-state index in [9.17, 15) is 9.59 Å². The number of phenols is 1. The average molecular weight is 378 g/mol. The second-order valence-electron chi connectivity index (χ2n) is 6.26. The number of aliphatic hydroxyl groups is 1. The molecule has 0 aliphatic rings. The van der Waals surface area contributed by atoms with Crippen LogP contribution in [0.4, 0.5) is 0 Å². The van der Waals surface area contributed by atoms with Crippen molar-refractivity contribution in [2.45, 2.75) is 70.3 Å². The minimum Gasteiger partial charge on any atom is -0.508 e. The standard InChI is InChI=1S/C13H22O2.C8H8O4/c1-2-3-4-5-6-7-8-9-10-11-12-13(14)15;9-6-3-1-5(2-4-6)7(10)8(11)12/h1H,3-12H2,(H,14,15);1-4,7,9-10H,(H,11,12). The quantitative estimate of drug-likeness (QED) is 0.321. The molecule has 0 spiro atoms. The molecule has 4 N–H and O–H groups in total. The van der Waals surface area contributed by atoms with Crippen molar-refractivity contribution in [3.8, 4) is 18.1 Å². The summed E-state index contributed by atoms with van der Waals surface area (Å²) >= 11 is 0. The molecule has 1 atom stereocenters. The summed E-state index contributed by atoms with van der Waals surface area (Å²) < 4.78 is 0. The van der Waals surface area contributed by atoms with E-state index < -0.39 is 18.0 Å². The third kappa shape index (κ3) is 14.3. The lowest BCUT2D eigenvalue weighted by molar-refractivity contribution is -0.147. The van der Waals surface area contributed by atoms with Crippen LogP contribution in [0.15, 0.2) is 24.3 Å². The van der Waals surface area contributed by atoms with Gasteiger partial charge in [-0.3, -0.25) is 4.79 Å². The Bertz CT molecular complexity index is 573. The van der Waals surface area contributed by atoms with Crippen molar-refractivity contribution in [1.82, 2.24) is 0 Å². The summed E-state index contributed by atoms with van der Waals surface area (Å²) in [7, 11) is 0. The fourth-order valence-corrected chi connectivity index (χ4v) is 2.36. The number of carboxylic acid groups (broad SMARTS) is 2. The summed E-state index contributed by atoms with van der Waals surface area (Å²) in [4.78, 5) is 20.5. The van der Waals surface area contributed by atoms with Crippen LogP contribution in [0.3, 0.4) is 0 Å². The van der Waals surface area contributed by atoms with Crippen LogP contribution < -0.4 is 0 Å². The Labute approximate surface area is 160 Å². The molecule has 0 fully saturated rings.